The summed E-state index contributed by atoms with van der Waals surface area (Å²) in [6, 6.07) is 6.02. The molecule has 27 heavy (non-hydrogen) atoms. The van der Waals surface area contributed by atoms with Gasteiger partial charge in [-0.2, -0.15) is 0 Å². The Bertz CT molecular complexity index is 860. The summed E-state index contributed by atoms with van der Waals surface area (Å²) in [4.78, 5) is 29.8. The summed E-state index contributed by atoms with van der Waals surface area (Å²) in [7, 11) is 0. The van der Waals surface area contributed by atoms with E-state index in [1.807, 2.05) is 32.0 Å². The van der Waals surface area contributed by atoms with Gasteiger partial charge in [0.25, 0.3) is 5.91 Å². The highest BCUT2D eigenvalue weighted by atomic mass is 16.5. The molecule has 1 amide bonds. The number of ether oxygens (including phenoxy) is 1. The van der Waals surface area contributed by atoms with Crippen LogP contribution >= 0.6 is 0 Å². The van der Waals surface area contributed by atoms with Crippen molar-refractivity contribution in [2.24, 2.45) is 0 Å². The number of nitrogens with zero attached hydrogens (tertiary/aromatic N) is 1. The number of hydrogen-bond acceptors (Lipinski definition) is 4. The fourth-order valence-corrected chi connectivity index (χ4v) is 3.80. The molecule has 1 unspecified atom stereocenters. The maximum atomic E-state index is 12.9. The number of esters is 1. The molecule has 1 N–H and O–H groups in total. The van der Waals surface area contributed by atoms with Crippen molar-refractivity contribution in [1.29, 1.82) is 0 Å². The van der Waals surface area contributed by atoms with E-state index < -0.39 is 5.97 Å². The normalized spacial score (nSPS) is 14.5. The second-order valence-corrected chi connectivity index (χ2v) is 7.47. The van der Waals surface area contributed by atoms with Gasteiger partial charge < -0.3 is 10.1 Å². The molecular formula is C22H28N2O3. The first kappa shape index (κ1) is 19.3. The van der Waals surface area contributed by atoms with Crippen LogP contribution in [0, 0.1) is 6.92 Å². The fourth-order valence-electron chi connectivity index (χ4n) is 3.80. The minimum atomic E-state index is -0.426. The lowest BCUT2D eigenvalue weighted by atomic mass is 9.89. The van der Waals surface area contributed by atoms with Crippen molar-refractivity contribution in [2.75, 3.05) is 6.61 Å². The predicted molar refractivity (Wildman–Crippen MR) is 106 cm³/mol. The van der Waals surface area contributed by atoms with E-state index in [0.717, 1.165) is 66.2 Å². The second kappa shape index (κ2) is 8.51. The molecule has 0 spiro atoms. The molecule has 0 fully saturated rings. The molecule has 1 aromatic carbocycles. The van der Waals surface area contributed by atoms with Gasteiger partial charge in [0, 0.05) is 17.1 Å². The molecule has 5 nitrogen and oxygen atoms in total. The van der Waals surface area contributed by atoms with E-state index in [0.29, 0.717) is 5.56 Å². The van der Waals surface area contributed by atoms with Crippen molar-refractivity contribution >= 4 is 22.8 Å². The van der Waals surface area contributed by atoms with Gasteiger partial charge in [0.05, 0.1) is 11.1 Å². The monoisotopic (exact) mass is 368 g/mol. The number of rotatable bonds is 6. The zero-order chi connectivity index (χ0) is 19.4. The van der Waals surface area contributed by atoms with Crippen LogP contribution in [0.25, 0.3) is 10.9 Å². The Kier molecular flexibility index (Phi) is 6.09. The SMILES string of the molecule is CCCC(C)NC(=O)COC(=O)c1c2c(nc3ccc(C)cc13)CCCC2. The molecule has 0 bridgehead atoms. The van der Waals surface area contributed by atoms with E-state index >= 15 is 0 Å². The third-order valence-electron chi connectivity index (χ3n) is 5.08. The molecule has 1 heterocycles. The number of aryl methyl sites for hydroxylation is 2. The Morgan fingerprint density at radius 3 is 2.81 bits per heavy atom. The average molecular weight is 368 g/mol. The first-order chi connectivity index (χ1) is 13.0. The van der Waals surface area contributed by atoms with Crippen LogP contribution in [-0.4, -0.2) is 29.5 Å². The Morgan fingerprint density at radius 2 is 2.04 bits per heavy atom. The largest absolute Gasteiger partial charge is 0.452 e. The van der Waals surface area contributed by atoms with Crippen LogP contribution in [0.1, 0.15) is 66.7 Å². The molecule has 1 atom stereocenters. The number of pyridine rings is 1. The second-order valence-electron chi connectivity index (χ2n) is 7.47. The summed E-state index contributed by atoms with van der Waals surface area (Å²) in [5.41, 5.74) is 4.46. The average Bonchev–Trinajstić information content (AvgIpc) is 2.64. The number of nitrogens with one attached hydrogen (secondary N) is 1. The van der Waals surface area contributed by atoms with Crippen molar-refractivity contribution in [1.82, 2.24) is 10.3 Å². The molecular weight excluding hydrogens is 340 g/mol. The molecule has 2 aromatic rings. The van der Waals surface area contributed by atoms with Crippen molar-refractivity contribution in [2.45, 2.75) is 65.3 Å². The van der Waals surface area contributed by atoms with Gasteiger partial charge >= 0.3 is 5.97 Å². The number of fused-ring (bicyclic) bond motifs is 2. The molecule has 0 saturated heterocycles. The van der Waals surface area contributed by atoms with Crippen LogP contribution in [0.15, 0.2) is 18.2 Å². The lowest BCUT2D eigenvalue weighted by Gasteiger charge is -2.20. The lowest BCUT2D eigenvalue weighted by molar-refractivity contribution is -0.124. The summed E-state index contributed by atoms with van der Waals surface area (Å²) in [5.74, 6) is -0.683. The van der Waals surface area contributed by atoms with E-state index in [1.54, 1.807) is 0 Å². The Morgan fingerprint density at radius 1 is 1.26 bits per heavy atom. The molecule has 0 aliphatic heterocycles. The van der Waals surface area contributed by atoms with Crippen LogP contribution < -0.4 is 5.32 Å². The Hall–Kier alpha value is -2.43. The molecule has 0 radical (unpaired) electrons. The zero-order valence-electron chi connectivity index (χ0n) is 16.4. The van der Waals surface area contributed by atoms with Gasteiger partial charge in [-0.3, -0.25) is 9.78 Å². The van der Waals surface area contributed by atoms with Crippen molar-refractivity contribution < 1.29 is 14.3 Å². The minimum Gasteiger partial charge on any atom is -0.452 e. The van der Waals surface area contributed by atoms with Gasteiger partial charge in [-0.25, -0.2) is 4.79 Å². The molecule has 0 saturated carbocycles. The number of aromatic nitrogens is 1. The van der Waals surface area contributed by atoms with Crippen molar-refractivity contribution in [3.8, 4) is 0 Å². The number of hydrogen-bond donors (Lipinski definition) is 1. The zero-order valence-corrected chi connectivity index (χ0v) is 16.4. The first-order valence-electron chi connectivity index (χ1n) is 9.88. The van der Waals surface area contributed by atoms with E-state index in [2.05, 4.69) is 12.2 Å². The van der Waals surface area contributed by atoms with Gasteiger partial charge in [-0.1, -0.05) is 25.0 Å². The summed E-state index contributed by atoms with van der Waals surface area (Å²) < 4.78 is 5.40. The molecule has 1 aromatic heterocycles. The quantitative estimate of drug-likeness (QED) is 0.786. The molecule has 5 heteroatoms. The van der Waals surface area contributed by atoms with Crippen LogP contribution in [0.5, 0.6) is 0 Å². The number of carbonyl (C=O) groups is 2. The Balaban J connectivity index is 1.85. The van der Waals surface area contributed by atoms with Crippen LogP contribution in [0.2, 0.25) is 0 Å². The number of benzene rings is 1. The molecule has 3 rings (SSSR count). The summed E-state index contributed by atoms with van der Waals surface area (Å²) in [6.45, 7) is 5.77. The number of carbonyl (C=O) groups excluding carboxylic acids is 2. The lowest BCUT2D eigenvalue weighted by Crippen LogP contribution is -2.35. The highest BCUT2D eigenvalue weighted by Crippen LogP contribution is 2.30. The van der Waals surface area contributed by atoms with E-state index in [9.17, 15) is 9.59 Å². The van der Waals surface area contributed by atoms with Gasteiger partial charge in [0.15, 0.2) is 6.61 Å². The van der Waals surface area contributed by atoms with E-state index in [-0.39, 0.29) is 18.6 Å². The van der Waals surface area contributed by atoms with Crippen molar-refractivity contribution in [3.05, 3.63) is 40.6 Å². The third kappa shape index (κ3) is 4.46. The third-order valence-corrected chi connectivity index (χ3v) is 5.08. The Labute approximate surface area is 160 Å². The summed E-state index contributed by atoms with van der Waals surface area (Å²) >= 11 is 0. The van der Waals surface area contributed by atoms with Gasteiger partial charge in [0.1, 0.15) is 0 Å². The maximum absolute atomic E-state index is 12.9. The molecule has 1 aliphatic rings. The smallest absolute Gasteiger partial charge is 0.339 e. The van der Waals surface area contributed by atoms with E-state index in [1.165, 1.54) is 0 Å². The van der Waals surface area contributed by atoms with Gasteiger partial charge in [-0.05, 0) is 63.6 Å². The van der Waals surface area contributed by atoms with Crippen LogP contribution in [0.3, 0.4) is 0 Å². The topological polar surface area (TPSA) is 68.3 Å². The maximum Gasteiger partial charge on any atom is 0.339 e. The fraction of sp³-hybridized carbons (Fsp3) is 0.500. The predicted octanol–water partition coefficient (Wildman–Crippen LogP) is 3.88. The minimum absolute atomic E-state index is 0.0818. The summed E-state index contributed by atoms with van der Waals surface area (Å²) in [6.07, 6.45) is 5.74. The van der Waals surface area contributed by atoms with Gasteiger partial charge in [-0.15, -0.1) is 0 Å². The summed E-state index contributed by atoms with van der Waals surface area (Å²) in [5, 5.41) is 3.69. The van der Waals surface area contributed by atoms with E-state index in [4.69, 9.17) is 9.72 Å². The highest BCUT2D eigenvalue weighted by molar-refractivity contribution is 6.05. The molecule has 144 valence electrons. The van der Waals surface area contributed by atoms with Crippen molar-refractivity contribution in [3.63, 3.8) is 0 Å². The van der Waals surface area contributed by atoms with Crippen LogP contribution in [-0.2, 0) is 22.4 Å². The first-order valence-corrected chi connectivity index (χ1v) is 9.88. The highest BCUT2D eigenvalue weighted by Gasteiger charge is 2.24. The molecule has 1 aliphatic carbocycles. The standard InChI is InChI=1S/C22H28N2O3/c1-4-7-15(3)23-20(25)13-27-22(26)21-16-8-5-6-9-18(16)24-19-11-10-14(2)12-17(19)21/h10-12,15H,4-9,13H2,1-3H3,(H,23,25). The van der Waals surface area contributed by atoms with Gasteiger partial charge in [0.2, 0.25) is 0 Å². The van der Waals surface area contributed by atoms with Crippen LogP contribution in [0.4, 0.5) is 0 Å². The number of amides is 1.